The predicted octanol–water partition coefficient (Wildman–Crippen LogP) is 3.29. The quantitative estimate of drug-likeness (QED) is 0.654. The summed E-state index contributed by atoms with van der Waals surface area (Å²) in [6, 6.07) is 0. The maximum Gasteiger partial charge on any atom is 0.106 e. The van der Waals surface area contributed by atoms with Crippen LogP contribution in [-0.2, 0) is 4.74 Å². The number of rotatable bonds is 5. The highest BCUT2D eigenvalue weighted by molar-refractivity contribution is 8.00. The molecular formula is C10H20OS. The molecule has 0 aromatic heterocycles. The van der Waals surface area contributed by atoms with E-state index in [-0.39, 0.29) is 0 Å². The lowest BCUT2D eigenvalue weighted by atomic mass is 10.0. The van der Waals surface area contributed by atoms with E-state index in [1.54, 1.807) is 0 Å². The fourth-order valence-corrected chi connectivity index (χ4v) is 2.87. The predicted molar refractivity (Wildman–Crippen MR) is 55.5 cm³/mol. The SMILES string of the molecule is CCCC[C@H](CC)[C@H]1OCCS1. The molecule has 0 amide bonds. The molecule has 1 fully saturated rings. The van der Waals surface area contributed by atoms with Crippen LogP contribution in [0.5, 0.6) is 0 Å². The summed E-state index contributed by atoms with van der Waals surface area (Å²) < 4.78 is 5.67. The molecule has 1 rings (SSSR count). The molecule has 0 aromatic rings. The number of thioether (sulfide) groups is 1. The van der Waals surface area contributed by atoms with Gasteiger partial charge in [0, 0.05) is 5.75 Å². The molecule has 0 spiro atoms. The zero-order valence-electron chi connectivity index (χ0n) is 8.21. The molecule has 1 heterocycles. The van der Waals surface area contributed by atoms with Gasteiger partial charge < -0.3 is 4.74 Å². The third-order valence-electron chi connectivity index (χ3n) is 2.49. The largest absolute Gasteiger partial charge is 0.366 e. The summed E-state index contributed by atoms with van der Waals surface area (Å²) in [5, 5.41) is 0. The maximum atomic E-state index is 5.67. The normalized spacial score (nSPS) is 26.0. The lowest BCUT2D eigenvalue weighted by Crippen LogP contribution is -2.15. The second kappa shape index (κ2) is 5.87. The van der Waals surface area contributed by atoms with Gasteiger partial charge in [-0.2, -0.15) is 0 Å². The van der Waals surface area contributed by atoms with Gasteiger partial charge in [-0.1, -0.05) is 26.7 Å². The van der Waals surface area contributed by atoms with Crippen LogP contribution in [0.2, 0.25) is 0 Å². The van der Waals surface area contributed by atoms with E-state index in [2.05, 4.69) is 13.8 Å². The summed E-state index contributed by atoms with van der Waals surface area (Å²) in [5.74, 6) is 2.00. The zero-order chi connectivity index (χ0) is 8.81. The van der Waals surface area contributed by atoms with Gasteiger partial charge in [-0.25, -0.2) is 0 Å². The van der Waals surface area contributed by atoms with Crippen molar-refractivity contribution in [1.29, 1.82) is 0 Å². The molecular weight excluding hydrogens is 168 g/mol. The second-order valence-electron chi connectivity index (χ2n) is 3.42. The maximum absolute atomic E-state index is 5.67. The molecule has 0 unspecified atom stereocenters. The summed E-state index contributed by atoms with van der Waals surface area (Å²) in [4.78, 5) is 0. The first-order chi connectivity index (χ1) is 5.88. The van der Waals surface area contributed by atoms with Crippen molar-refractivity contribution in [2.75, 3.05) is 12.4 Å². The van der Waals surface area contributed by atoms with Crippen LogP contribution in [0.4, 0.5) is 0 Å². The summed E-state index contributed by atoms with van der Waals surface area (Å²) in [5.41, 5.74) is 0.515. The van der Waals surface area contributed by atoms with Crippen LogP contribution in [0, 0.1) is 5.92 Å². The molecule has 2 heteroatoms. The minimum Gasteiger partial charge on any atom is -0.366 e. The highest BCUT2D eigenvalue weighted by Gasteiger charge is 2.24. The van der Waals surface area contributed by atoms with Crippen molar-refractivity contribution in [2.45, 2.75) is 45.0 Å². The van der Waals surface area contributed by atoms with Crippen LogP contribution < -0.4 is 0 Å². The van der Waals surface area contributed by atoms with Gasteiger partial charge in [0.1, 0.15) is 5.44 Å². The Hall–Kier alpha value is 0.310. The van der Waals surface area contributed by atoms with Crippen molar-refractivity contribution in [3.63, 3.8) is 0 Å². The lowest BCUT2D eigenvalue weighted by molar-refractivity contribution is 0.0936. The monoisotopic (exact) mass is 188 g/mol. The average Bonchev–Trinajstić information content (AvgIpc) is 2.59. The first-order valence-corrected chi connectivity index (χ1v) is 6.16. The van der Waals surface area contributed by atoms with Crippen molar-refractivity contribution in [3.8, 4) is 0 Å². The summed E-state index contributed by atoms with van der Waals surface area (Å²) in [7, 11) is 0. The fourth-order valence-electron chi connectivity index (χ4n) is 1.65. The van der Waals surface area contributed by atoms with Crippen molar-refractivity contribution in [3.05, 3.63) is 0 Å². The van der Waals surface area contributed by atoms with Crippen molar-refractivity contribution < 1.29 is 4.74 Å². The van der Waals surface area contributed by atoms with Gasteiger partial charge in [0.2, 0.25) is 0 Å². The van der Waals surface area contributed by atoms with E-state index < -0.39 is 0 Å². The van der Waals surface area contributed by atoms with Crippen LogP contribution in [0.3, 0.4) is 0 Å². The number of ether oxygens (including phenoxy) is 1. The standard InChI is InChI=1S/C10H20OS/c1-3-5-6-9(4-2)10-11-7-8-12-10/h9-10H,3-8H2,1-2H3/t9-,10-/m0/s1. The molecule has 1 aliphatic rings. The van der Waals surface area contributed by atoms with Crippen molar-refractivity contribution >= 4 is 11.8 Å². The Kier molecular flexibility index (Phi) is 5.08. The van der Waals surface area contributed by atoms with Gasteiger partial charge in [0.25, 0.3) is 0 Å². The molecule has 1 nitrogen and oxygen atoms in total. The topological polar surface area (TPSA) is 9.23 Å². The number of unbranched alkanes of at least 4 members (excludes halogenated alkanes) is 1. The average molecular weight is 188 g/mol. The van der Waals surface area contributed by atoms with E-state index in [1.807, 2.05) is 11.8 Å². The minimum atomic E-state index is 0.515. The number of hydrogen-bond acceptors (Lipinski definition) is 2. The smallest absolute Gasteiger partial charge is 0.106 e. The highest BCUT2D eigenvalue weighted by atomic mass is 32.2. The second-order valence-corrected chi connectivity index (χ2v) is 4.63. The fraction of sp³-hybridized carbons (Fsp3) is 1.00. The lowest BCUT2D eigenvalue weighted by Gasteiger charge is -2.20. The molecule has 0 N–H and O–H groups in total. The van der Waals surface area contributed by atoms with E-state index in [0.29, 0.717) is 5.44 Å². The van der Waals surface area contributed by atoms with E-state index in [0.717, 1.165) is 12.5 Å². The number of hydrogen-bond donors (Lipinski definition) is 0. The summed E-state index contributed by atoms with van der Waals surface area (Å²) in [6.45, 7) is 5.51. The Morgan fingerprint density at radius 3 is 2.83 bits per heavy atom. The van der Waals surface area contributed by atoms with Gasteiger partial charge in [0.15, 0.2) is 0 Å². The van der Waals surface area contributed by atoms with Crippen LogP contribution in [0.25, 0.3) is 0 Å². The molecule has 0 saturated carbocycles. The van der Waals surface area contributed by atoms with Crippen molar-refractivity contribution in [2.24, 2.45) is 5.92 Å². The van der Waals surface area contributed by atoms with Crippen LogP contribution in [-0.4, -0.2) is 17.8 Å². The van der Waals surface area contributed by atoms with Crippen molar-refractivity contribution in [1.82, 2.24) is 0 Å². The van der Waals surface area contributed by atoms with Crippen LogP contribution in [0.15, 0.2) is 0 Å². The first kappa shape index (κ1) is 10.4. The van der Waals surface area contributed by atoms with E-state index in [1.165, 1.54) is 31.4 Å². The Balaban J connectivity index is 2.22. The highest BCUT2D eigenvalue weighted by Crippen LogP contribution is 2.31. The molecule has 1 saturated heterocycles. The van der Waals surface area contributed by atoms with Crippen LogP contribution >= 0.6 is 11.8 Å². The minimum absolute atomic E-state index is 0.515. The summed E-state index contributed by atoms with van der Waals surface area (Å²) in [6.07, 6.45) is 5.30. The third-order valence-corrected chi connectivity index (χ3v) is 3.74. The van der Waals surface area contributed by atoms with E-state index in [4.69, 9.17) is 4.74 Å². The molecule has 0 aliphatic carbocycles. The zero-order valence-corrected chi connectivity index (χ0v) is 9.03. The van der Waals surface area contributed by atoms with E-state index >= 15 is 0 Å². The van der Waals surface area contributed by atoms with Gasteiger partial charge in [-0.05, 0) is 18.8 Å². The Morgan fingerprint density at radius 2 is 2.33 bits per heavy atom. The van der Waals surface area contributed by atoms with Gasteiger partial charge in [-0.3, -0.25) is 0 Å². The molecule has 1 aliphatic heterocycles. The summed E-state index contributed by atoms with van der Waals surface area (Å²) >= 11 is 2.00. The molecule has 2 atom stereocenters. The third kappa shape index (κ3) is 2.98. The molecule has 12 heavy (non-hydrogen) atoms. The van der Waals surface area contributed by atoms with Crippen LogP contribution in [0.1, 0.15) is 39.5 Å². The molecule has 72 valence electrons. The van der Waals surface area contributed by atoms with Gasteiger partial charge in [0.05, 0.1) is 6.61 Å². The Morgan fingerprint density at radius 1 is 1.50 bits per heavy atom. The molecule has 0 bridgehead atoms. The first-order valence-electron chi connectivity index (χ1n) is 5.11. The Bertz CT molecular complexity index is 110. The van der Waals surface area contributed by atoms with E-state index in [9.17, 15) is 0 Å². The molecule has 0 radical (unpaired) electrons. The Labute approximate surface area is 80.3 Å². The van der Waals surface area contributed by atoms with Gasteiger partial charge in [-0.15, -0.1) is 11.8 Å². The van der Waals surface area contributed by atoms with Gasteiger partial charge >= 0.3 is 0 Å². The molecule has 0 aromatic carbocycles.